The molecule has 0 aromatic carbocycles. The van der Waals surface area contributed by atoms with Crippen LogP contribution >= 0.6 is 0 Å². The third-order valence-electron chi connectivity index (χ3n) is 2.66. The number of rotatable bonds is 3. The zero-order valence-corrected chi connectivity index (χ0v) is 7.43. The van der Waals surface area contributed by atoms with Gasteiger partial charge in [0.05, 0.1) is 13.1 Å². The number of halogens is 2. The molecule has 0 aromatic rings. The lowest BCUT2D eigenvalue weighted by Gasteiger charge is -2.13. The zero-order chi connectivity index (χ0) is 9.47. The Hall–Kier alpha value is -0.510. The third-order valence-corrected chi connectivity index (χ3v) is 2.66. The number of Topliss-reactive ketones (excluding diaryl/α,β-unsaturated/α-hetero) is 1. The molecule has 1 saturated carbocycles. The van der Waals surface area contributed by atoms with E-state index >= 15 is 0 Å². The number of ketones is 1. The van der Waals surface area contributed by atoms with Crippen LogP contribution < -0.4 is 0 Å². The quantitative estimate of drug-likeness (QED) is 0.667. The maximum absolute atomic E-state index is 12.7. The summed E-state index contributed by atoms with van der Waals surface area (Å²) in [6, 6.07) is 0. The molecule has 0 atom stereocenters. The highest BCUT2D eigenvalue weighted by Crippen LogP contribution is 2.32. The Labute approximate surface area is 75.9 Å². The van der Waals surface area contributed by atoms with E-state index in [1.165, 1.54) is 0 Å². The zero-order valence-electron chi connectivity index (χ0n) is 7.43. The fourth-order valence-corrected chi connectivity index (χ4v) is 1.70. The summed E-state index contributed by atoms with van der Waals surface area (Å²) in [4.78, 5) is 12.9. The molecule has 2 rings (SSSR count). The number of alkyl halides is 2. The lowest BCUT2D eigenvalue weighted by atomic mass is 10.2. The van der Waals surface area contributed by atoms with Gasteiger partial charge in [0.25, 0.3) is 5.92 Å². The monoisotopic (exact) mass is 189 g/mol. The first-order chi connectivity index (χ1) is 6.07. The highest BCUT2D eigenvalue weighted by Gasteiger charge is 2.40. The molecule has 1 heterocycles. The van der Waals surface area contributed by atoms with Crippen LogP contribution in [0.5, 0.6) is 0 Å². The molecule has 1 aliphatic heterocycles. The first-order valence-electron chi connectivity index (χ1n) is 4.70. The highest BCUT2D eigenvalue weighted by molar-refractivity contribution is 5.85. The minimum atomic E-state index is -2.57. The van der Waals surface area contributed by atoms with Crippen LogP contribution in [0, 0.1) is 5.92 Å². The predicted octanol–water partition coefficient (Wildman–Crippen LogP) is 1.31. The van der Waals surface area contributed by atoms with Crippen LogP contribution in [-0.4, -0.2) is 36.2 Å². The fourth-order valence-electron chi connectivity index (χ4n) is 1.70. The van der Waals surface area contributed by atoms with Gasteiger partial charge in [0.15, 0.2) is 0 Å². The summed E-state index contributed by atoms with van der Waals surface area (Å²) in [5, 5.41) is 0. The summed E-state index contributed by atoms with van der Waals surface area (Å²) in [5.74, 6) is -2.23. The summed E-state index contributed by atoms with van der Waals surface area (Å²) < 4.78 is 25.4. The average molecular weight is 189 g/mol. The molecule has 1 saturated heterocycles. The molecule has 13 heavy (non-hydrogen) atoms. The van der Waals surface area contributed by atoms with Gasteiger partial charge in [-0.05, 0) is 12.8 Å². The number of likely N-dealkylation sites (tertiary alicyclic amines) is 1. The van der Waals surface area contributed by atoms with Crippen molar-refractivity contribution in [2.24, 2.45) is 5.92 Å². The lowest BCUT2D eigenvalue weighted by Crippen LogP contribution is -2.31. The van der Waals surface area contributed by atoms with Crippen molar-refractivity contribution in [3.63, 3.8) is 0 Å². The average Bonchev–Trinajstić information content (AvgIpc) is 2.78. The Balaban J connectivity index is 1.79. The van der Waals surface area contributed by atoms with Gasteiger partial charge in [-0.3, -0.25) is 9.69 Å². The van der Waals surface area contributed by atoms with Crippen molar-refractivity contribution in [3.05, 3.63) is 0 Å². The Morgan fingerprint density at radius 2 is 2.15 bits per heavy atom. The van der Waals surface area contributed by atoms with Crippen LogP contribution in [-0.2, 0) is 4.79 Å². The Bertz CT molecular complexity index is 226. The van der Waals surface area contributed by atoms with Gasteiger partial charge in [0.2, 0.25) is 0 Å². The van der Waals surface area contributed by atoms with Crippen molar-refractivity contribution in [2.45, 2.75) is 25.2 Å². The molecule has 0 spiro atoms. The van der Waals surface area contributed by atoms with Crippen LogP contribution in [0.25, 0.3) is 0 Å². The van der Waals surface area contributed by atoms with Crippen molar-refractivity contribution in [1.29, 1.82) is 0 Å². The summed E-state index contributed by atoms with van der Waals surface area (Å²) in [5.41, 5.74) is 0. The van der Waals surface area contributed by atoms with Crippen LogP contribution in [0.3, 0.4) is 0 Å². The first-order valence-corrected chi connectivity index (χ1v) is 4.70. The molecule has 0 amide bonds. The molecule has 2 nitrogen and oxygen atoms in total. The summed E-state index contributed by atoms with van der Waals surface area (Å²) in [7, 11) is 0. The van der Waals surface area contributed by atoms with Crippen molar-refractivity contribution >= 4 is 5.78 Å². The van der Waals surface area contributed by atoms with Gasteiger partial charge in [-0.15, -0.1) is 0 Å². The number of hydrogen-bond donors (Lipinski definition) is 0. The molecule has 0 N–H and O–H groups in total. The Kier molecular flexibility index (Phi) is 2.10. The topological polar surface area (TPSA) is 20.3 Å². The Morgan fingerprint density at radius 1 is 1.46 bits per heavy atom. The summed E-state index contributed by atoms with van der Waals surface area (Å²) in [6.07, 6.45) is 1.83. The molecule has 1 aliphatic carbocycles. The van der Waals surface area contributed by atoms with Crippen LogP contribution in [0.2, 0.25) is 0 Å². The highest BCUT2D eigenvalue weighted by atomic mass is 19.3. The molecular weight excluding hydrogens is 176 g/mol. The molecular formula is C9H13F2NO. The SMILES string of the molecule is O=C(CN1CCC(F)(F)C1)C1CC1. The Morgan fingerprint density at radius 3 is 2.62 bits per heavy atom. The molecule has 0 bridgehead atoms. The van der Waals surface area contributed by atoms with Crippen LogP contribution in [0.1, 0.15) is 19.3 Å². The van der Waals surface area contributed by atoms with Crippen molar-refractivity contribution in [1.82, 2.24) is 4.90 Å². The number of carbonyl (C=O) groups is 1. The predicted molar refractivity (Wildman–Crippen MR) is 43.7 cm³/mol. The van der Waals surface area contributed by atoms with E-state index in [0.29, 0.717) is 6.54 Å². The molecule has 0 radical (unpaired) electrons. The molecule has 2 fully saturated rings. The van der Waals surface area contributed by atoms with Gasteiger partial charge >= 0.3 is 0 Å². The molecule has 74 valence electrons. The van der Waals surface area contributed by atoms with Gasteiger partial charge in [-0.1, -0.05) is 0 Å². The number of hydrogen-bond acceptors (Lipinski definition) is 2. The lowest BCUT2D eigenvalue weighted by molar-refractivity contribution is -0.121. The van der Waals surface area contributed by atoms with Crippen molar-refractivity contribution < 1.29 is 13.6 Å². The summed E-state index contributed by atoms with van der Waals surface area (Å²) in [6.45, 7) is 0.372. The van der Waals surface area contributed by atoms with Crippen molar-refractivity contribution in [3.8, 4) is 0 Å². The fraction of sp³-hybridized carbons (Fsp3) is 0.889. The first kappa shape index (κ1) is 9.06. The van der Waals surface area contributed by atoms with E-state index in [4.69, 9.17) is 0 Å². The second-order valence-electron chi connectivity index (χ2n) is 4.06. The molecule has 0 unspecified atom stereocenters. The van der Waals surface area contributed by atoms with Crippen LogP contribution in [0.15, 0.2) is 0 Å². The van der Waals surface area contributed by atoms with E-state index in [-0.39, 0.29) is 31.2 Å². The van der Waals surface area contributed by atoms with E-state index in [2.05, 4.69) is 0 Å². The van der Waals surface area contributed by atoms with Gasteiger partial charge in [0.1, 0.15) is 5.78 Å². The summed E-state index contributed by atoms with van der Waals surface area (Å²) >= 11 is 0. The van der Waals surface area contributed by atoms with E-state index < -0.39 is 5.92 Å². The minimum Gasteiger partial charge on any atom is -0.298 e. The van der Waals surface area contributed by atoms with E-state index in [9.17, 15) is 13.6 Å². The van der Waals surface area contributed by atoms with Gasteiger partial charge in [-0.2, -0.15) is 0 Å². The molecule has 2 aliphatic rings. The minimum absolute atomic E-state index is 0.0923. The maximum atomic E-state index is 12.7. The van der Waals surface area contributed by atoms with E-state index in [1.807, 2.05) is 0 Å². The standard InChI is InChI=1S/C9H13F2NO/c10-9(11)3-4-12(6-9)5-8(13)7-1-2-7/h7H,1-6H2. The second-order valence-corrected chi connectivity index (χ2v) is 4.06. The van der Waals surface area contributed by atoms with E-state index in [0.717, 1.165) is 12.8 Å². The molecule has 4 heteroatoms. The van der Waals surface area contributed by atoms with Crippen LogP contribution in [0.4, 0.5) is 8.78 Å². The second kappa shape index (κ2) is 3.01. The van der Waals surface area contributed by atoms with Gasteiger partial charge in [0, 0.05) is 18.9 Å². The third kappa shape index (κ3) is 2.24. The molecule has 0 aromatic heterocycles. The van der Waals surface area contributed by atoms with E-state index in [1.54, 1.807) is 4.90 Å². The smallest absolute Gasteiger partial charge is 0.261 e. The normalized spacial score (nSPS) is 27.8. The van der Waals surface area contributed by atoms with Gasteiger partial charge < -0.3 is 0 Å². The number of nitrogens with zero attached hydrogens (tertiary/aromatic N) is 1. The maximum Gasteiger partial charge on any atom is 0.261 e. The largest absolute Gasteiger partial charge is 0.298 e. The van der Waals surface area contributed by atoms with Gasteiger partial charge in [-0.25, -0.2) is 8.78 Å². The van der Waals surface area contributed by atoms with Crippen molar-refractivity contribution in [2.75, 3.05) is 19.6 Å². The number of carbonyl (C=O) groups excluding carboxylic acids is 1.